The van der Waals surface area contributed by atoms with Crippen LogP contribution in [0.5, 0.6) is 5.75 Å². The van der Waals surface area contributed by atoms with E-state index in [2.05, 4.69) is 5.32 Å². The SMILES string of the molecule is COc1ccc(CCC(=O)Nc2cccc([N+](=O)[O-])c2)cc1C. The molecule has 0 atom stereocenters. The molecule has 2 aromatic rings. The second-order valence-electron chi connectivity index (χ2n) is 5.16. The average molecular weight is 314 g/mol. The minimum atomic E-state index is -0.490. The van der Waals surface area contributed by atoms with Crippen molar-refractivity contribution in [2.45, 2.75) is 19.8 Å². The van der Waals surface area contributed by atoms with Crippen molar-refractivity contribution in [3.8, 4) is 5.75 Å². The van der Waals surface area contributed by atoms with Crippen LogP contribution in [0.1, 0.15) is 17.5 Å². The third kappa shape index (κ3) is 4.54. The lowest BCUT2D eigenvalue weighted by atomic mass is 10.1. The minimum Gasteiger partial charge on any atom is -0.496 e. The lowest BCUT2D eigenvalue weighted by Crippen LogP contribution is -2.12. The molecule has 6 heteroatoms. The van der Waals surface area contributed by atoms with Gasteiger partial charge in [-0.1, -0.05) is 18.2 Å². The Morgan fingerprint density at radius 1 is 1.26 bits per heavy atom. The molecule has 0 aromatic heterocycles. The van der Waals surface area contributed by atoms with Gasteiger partial charge in [0.25, 0.3) is 5.69 Å². The summed E-state index contributed by atoms with van der Waals surface area (Å²) in [5.41, 5.74) is 2.44. The largest absolute Gasteiger partial charge is 0.496 e. The van der Waals surface area contributed by atoms with E-state index in [0.29, 0.717) is 18.5 Å². The summed E-state index contributed by atoms with van der Waals surface area (Å²) >= 11 is 0. The molecular weight excluding hydrogens is 296 g/mol. The predicted molar refractivity (Wildman–Crippen MR) is 87.8 cm³/mol. The van der Waals surface area contributed by atoms with E-state index >= 15 is 0 Å². The number of aryl methyl sites for hydroxylation is 2. The number of carbonyl (C=O) groups is 1. The molecule has 0 saturated heterocycles. The first-order chi connectivity index (χ1) is 11.0. The Kier molecular flexibility index (Phi) is 5.30. The van der Waals surface area contributed by atoms with Crippen molar-refractivity contribution in [2.24, 2.45) is 0 Å². The first kappa shape index (κ1) is 16.5. The molecule has 23 heavy (non-hydrogen) atoms. The number of carbonyl (C=O) groups excluding carboxylic acids is 1. The maximum absolute atomic E-state index is 12.0. The van der Waals surface area contributed by atoms with Crippen molar-refractivity contribution < 1.29 is 14.5 Å². The van der Waals surface area contributed by atoms with Crippen molar-refractivity contribution in [2.75, 3.05) is 12.4 Å². The molecule has 0 unspecified atom stereocenters. The Morgan fingerprint density at radius 3 is 2.70 bits per heavy atom. The number of ether oxygens (including phenoxy) is 1. The zero-order valence-corrected chi connectivity index (χ0v) is 13.0. The fraction of sp³-hybridized carbons (Fsp3) is 0.235. The standard InChI is InChI=1S/C17H18N2O4/c1-12-10-13(6-8-16(12)23-2)7-9-17(20)18-14-4-3-5-15(11-14)19(21)22/h3-6,8,10-11H,7,9H2,1-2H3,(H,18,20). The monoisotopic (exact) mass is 314 g/mol. The summed E-state index contributed by atoms with van der Waals surface area (Å²) in [4.78, 5) is 22.2. The van der Waals surface area contributed by atoms with Gasteiger partial charge in [0.2, 0.25) is 5.91 Å². The number of nitrogens with one attached hydrogen (secondary N) is 1. The van der Waals surface area contributed by atoms with E-state index in [1.165, 1.54) is 12.1 Å². The highest BCUT2D eigenvalue weighted by Gasteiger charge is 2.09. The highest BCUT2D eigenvalue weighted by Crippen LogP contribution is 2.20. The molecule has 120 valence electrons. The molecule has 0 spiro atoms. The van der Waals surface area contributed by atoms with E-state index in [1.54, 1.807) is 19.2 Å². The molecule has 0 aliphatic rings. The molecule has 0 aliphatic heterocycles. The van der Waals surface area contributed by atoms with Crippen molar-refractivity contribution in [1.82, 2.24) is 0 Å². The van der Waals surface area contributed by atoms with E-state index in [9.17, 15) is 14.9 Å². The zero-order valence-electron chi connectivity index (χ0n) is 13.0. The molecule has 2 aromatic carbocycles. The first-order valence-electron chi connectivity index (χ1n) is 7.17. The van der Waals surface area contributed by atoms with Gasteiger partial charge in [-0.25, -0.2) is 0 Å². The topological polar surface area (TPSA) is 81.5 Å². The lowest BCUT2D eigenvalue weighted by Gasteiger charge is -2.08. The van der Waals surface area contributed by atoms with Crippen molar-refractivity contribution in [3.63, 3.8) is 0 Å². The van der Waals surface area contributed by atoms with Crippen LogP contribution in [-0.4, -0.2) is 17.9 Å². The van der Waals surface area contributed by atoms with Crippen LogP contribution in [-0.2, 0) is 11.2 Å². The Labute approximate surface area is 134 Å². The number of anilines is 1. The Morgan fingerprint density at radius 2 is 2.04 bits per heavy atom. The van der Waals surface area contributed by atoms with Crippen LogP contribution in [0.15, 0.2) is 42.5 Å². The van der Waals surface area contributed by atoms with Gasteiger partial charge in [-0.05, 0) is 36.6 Å². The molecule has 0 radical (unpaired) electrons. The molecule has 0 saturated carbocycles. The van der Waals surface area contributed by atoms with Crippen LogP contribution in [0.25, 0.3) is 0 Å². The Balaban J connectivity index is 1.94. The quantitative estimate of drug-likeness (QED) is 0.653. The van der Waals surface area contributed by atoms with Gasteiger partial charge in [0, 0.05) is 24.2 Å². The van der Waals surface area contributed by atoms with Gasteiger partial charge >= 0.3 is 0 Å². The highest BCUT2D eigenvalue weighted by atomic mass is 16.6. The van der Waals surface area contributed by atoms with Crippen LogP contribution in [0.2, 0.25) is 0 Å². The Hall–Kier alpha value is -2.89. The van der Waals surface area contributed by atoms with Crippen molar-refractivity contribution in [1.29, 1.82) is 0 Å². The summed E-state index contributed by atoms with van der Waals surface area (Å²) in [5, 5.41) is 13.4. The number of nitrogens with zero attached hydrogens (tertiary/aromatic N) is 1. The maximum Gasteiger partial charge on any atom is 0.271 e. The maximum atomic E-state index is 12.0. The third-order valence-electron chi connectivity index (χ3n) is 3.44. The molecule has 0 heterocycles. The van der Waals surface area contributed by atoms with E-state index in [4.69, 9.17) is 4.74 Å². The van der Waals surface area contributed by atoms with Crippen LogP contribution in [0.4, 0.5) is 11.4 Å². The normalized spacial score (nSPS) is 10.2. The number of hydrogen-bond donors (Lipinski definition) is 1. The predicted octanol–water partition coefficient (Wildman–Crippen LogP) is 3.48. The molecule has 0 bridgehead atoms. The van der Waals surface area contributed by atoms with Crippen molar-refractivity contribution in [3.05, 3.63) is 63.7 Å². The summed E-state index contributed by atoms with van der Waals surface area (Å²) in [6.45, 7) is 1.95. The fourth-order valence-electron chi connectivity index (χ4n) is 2.27. The van der Waals surface area contributed by atoms with Gasteiger partial charge in [0.1, 0.15) is 5.75 Å². The second kappa shape index (κ2) is 7.40. The van der Waals surface area contributed by atoms with E-state index in [-0.39, 0.29) is 11.6 Å². The number of amides is 1. The van der Waals surface area contributed by atoms with Crippen LogP contribution < -0.4 is 10.1 Å². The summed E-state index contributed by atoms with van der Waals surface area (Å²) in [6, 6.07) is 11.7. The van der Waals surface area contributed by atoms with Crippen LogP contribution >= 0.6 is 0 Å². The highest BCUT2D eigenvalue weighted by molar-refractivity contribution is 5.91. The molecule has 6 nitrogen and oxygen atoms in total. The van der Waals surface area contributed by atoms with Gasteiger partial charge in [-0.15, -0.1) is 0 Å². The minimum absolute atomic E-state index is 0.0476. The summed E-state index contributed by atoms with van der Waals surface area (Å²) < 4.78 is 5.20. The Bertz CT molecular complexity index is 728. The van der Waals surface area contributed by atoms with Gasteiger partial charge < -0.3 is 10.1 Å². The van der Waals surface area contributed by atoms with Crippen LogP contribution in [0, 0.1) is 17.0 Å². The van der Waals surface area contributed by atoms with Gasteiger partial charge in [-0.2, -0.15) is 0 Å². The summed E-state index contributed by atoms with van der Waals surface area (Å²) in [5.74, 6) is 0.633. The lowest BCUT2D eigenvalue weighted by molar-refractivity contribution is -0.384. The molecule has 1 N–H and O–H groups in total. The van der Waals surface area contributed by atoms with E-state index < -0.39 is 4.92 Å². The number of nitro benzene ring substituents is 1. The average Bonchev–Trinajstić information content (AvgIpc) is 2.53. The molecule has 0 aliphatic carbocycles. The summed E-state index contributed by atoms with van der Waals surface area (Å²) in [7, 11) is 1.62. The molecule has 1 amide bonds. The van der Waals surface area contributed by atoms with Gasteiger partial charge in [0.05, 0.1) is 12.0 Å². The van der Waals surface area contributed by atoms with Crippen LogP contribution in [0.3, 0.4) is 0 Å². The van der Waals surface area contributed by atoms with E-state index in [0.717, 1.165) is 16.9 Å². The smallest absolute Gasteiger partial charge is 0.271 e. The molecule has 0 fully saturated rings. The summed E-state index contributed by atoms with van der Waals surface area (Å²) in [6.07, 6.45) is 0.889. The number of methoxy groups -OCH3 is 1. The second-order valence-corrected chi connectivity index (χ2v) is 5.16. The third-order valence-corrected chi connectivity index (χ3v) is 3.44. The zero-order chi connectivity index (χ0) is 16.8. The number of nitro groups is 1. The number of benzene rings is 2. The molecule has 2 rings (SSSR count). The van der Waals surface area contributed by atoms with Gasteiger partial charge in [0.15, 0.2) is 0 Å². The number of hydrogen-bond acceptors (Lipinski definition) is 4. The van der Waals surface area contributed by atoms with Gasteiger partial charge in [-0.3, -0.25) is 14.9 Å². The fourth-order valence-corrected chi connectivity index (χ4v) is 2.27. The van der Waals surface area contributed by atoms with E-state index in [1.807, 2.05) is 25.1 Å². The number of non-ortho nitro benzene ring substituents is 1. The van der Waals surface area contributed by atoms with Crippen molar-refractivity contribution >= 4 is 17.3 Å². The number of rotatable bonds is 6. The molecular formula is C17H18N2O4. The first-order valence-corrected chi connectivity index (χ1v) is 7.17.